The van der Waals surface area contributed by atoms with Gasteiger partial charge in [0.15, 0.2) is 0 Å². The van der Waals surface area contributed by atoms with E-state index in [2.05, 4.69) is 16.0 Å². The van der Waals surface area contributed by atoms with Crippen molar-refractivity contribution in [2.75, 3.05) is 26.2 Å². The van der Waals surface area contributed by atoms with Gasteiger partial charge in [-0.3, -0.25) is 9.59 Å². The van der Waals surface area contributed by atoms with Gasteiger partial charge in [0.1, 0.15) is 0 Å². The van der Waals surface area contributed by atoms with Gasteiger partial charge in [0.25, 0.3) is 5.91 Å². The molecule has 1 aromatic rings. The van der Waals surface area contributed by atoms with Gasteiger partial charge in [0.05, 0.1) is 12.6 Å². The number of carbonyl (C=O) groups is 2. The van der Waals surface area contributed by atoms with Crippen molar-refractivity contribution in [1.29, 1.82) is 0 Å². The summed E-state index contributed by atoms with van der Waals surface area (Å²) < 4.78 is 0. The molecule has 0 aliphatic carbocycles. The second kappa shape index (κ2) is 7.02. The molecule has 6 heteroatoms. The number of rotatable bonds is 5. The van der Waals surface area contributed by atoms with Crippen LogP contribution in [0.15, 0.2) is 30.3 Å². The van der Waals surface area contributed by atoms with Crippen molar-refractivity contribution in [2.45, 2.75) is 6.10 Å². The number of nitrogens with one attached hydrogen (secondary N) is 3. The molecule has 1 heterocycles. The molecule has 0 bridgehead atoms. The second-order valence-corrected chi connectivity index (χ2v) is 4.84. The quantitative estimate of drug-likeness (QED) is 0.562. The molecule has 2 rings (SSSR count). The summed E-state index contributed by atoms with van der Waals surface area (Å²) in [5, 5.41) is 17.9. The largest absolute Gasteiger partial charge is 0.391 e. The Hall–Kier alpha value is -1.92. The van der Waals surface area contributed by atoms with Gasteiger partial charge in [0.2, 0.25) is 5.91 Å². The Morgan fingerprint density at radius 3 is 2.60 bits per heavy atom. The van der Waals surface area contributed by atoms with E-state index in [1.165, 1.54) is 0 Å². The summed E-state index contributed by atoms with van der Waals surface area (Å²) in [6.07, 6.45) is -0.422. The molecule has 0 aromatic heterocycles. The third kappa shape index (κ3) is 4.04. The lowest BCUT2D eigenvalue weighted by Gasteiger charge is -2.14. The third-order valence-corrected chi connectivity index (χ3v) is 3.31. The molecule has 2 amide bonds. The molecule has 1 fully saturated rings. The van der Waals surface area contributed by atoms with Crippen LogP contribution < -0.4 is 16.0 Å². The number of aliphatic hydroxyl groups excluding tert-OH is 1. The fourth-order valence-electron chi connectivity index (χ4n) is 2.09. The maximum Gasteiger partial charge on any atom is 0.251 e. The zero-order valence-corrected chi connectivity index (χ0v) is 11.1. The van der Waals surface area contributed by atoms with E-state index in [9.17, 15) is 14.7 Å². The summed E-state index contributed by atoms with van der Waals surface area (Å²) in [5.74, 6) is -0.500. The highest BCUT2D eigenvalue weighted by Gasteiger charge is 2.24. The van der Waals surface area contributed by atoms with Crippen LogP contribution in [0.4, 0.5) is 0 Å². The molecule has 0 radical (unpaired) electrons. The van der Waals surface area contributed by atoms with E-state index in [-0.39, 0.29) is 24.3 Å². The summed E-state index contributed by atoms with van der Waals surface area (Å²) in [5.41, 5.74) is 0.524. The molecular weight excluding hydrogens is 258 g/mol. The van der Waals surface area contributed by atoms with Crippen LogP contribution in [0.1, 0.15) is 10.4 Å². The van der Waals surface area contributed by atoms with Crippen LogP contribution in [0.3, 0.4) is 0 Å². The van der Waals surface area contributed by atoms with Crippen molar-refractivity contribution in [2.24, 2.45) is 5.92 Å². The van der Waals surface area contributed by atoms with Gasteiger partial charge in [-0.05, 0) is 12.1 Å². The average molecular weight is 277 g/mol. The van der Waals surface area contributed by atoms with E-state index >= 15 is 0 Å². The highest BCUT2D eigenvalue weighted by atomic mass is 16.3. The van der Waals surface area contributed by atoms with Crippen molar-refractivity contribution < 1.29 is 14.7 Å². The maximum atomic E-state index is 11.7. The number of hydrogen-bond donors (Lipinski definition) is 4. The Morgan fingerprint density at radius 2 is 1.95 bits per heavy atom. The summed E-state index contributed by atoms with van der Waals surface area (Å²) >= 11 is 0. The van der Waals surface area contributed by atoms with E-state index in [4.69, 9.17) is 0 Å². The van der Waals surface area contributed by atoms with Crippen LogP contribution in [0, 0.1) is 5.92 Å². The van der Waals surface area contributed by atoms with Crippen molar-refractivity contribution in [3.8, 4) is 0 Å². The van der Waals surface area contributed by atoms with Crippen molar-refractivity contribution in [1.82, 2.24) is 16.0 Å². The number of β-amino-alcohol motifs (C(OH)–C–C–N with tert-alkyl or cyclic N) is 1. The summed E-state index contributed by atoms with van der Waals surface area (Å²) in [6, 6.07) is 8.74. The number of aliphatic hydroxyl groups is 1. The van der Waals surface area contributed by atoms with Gasteiger partial charge in [-0.1, -0.05) is 18.2 Å². The molecule has 1 aliphatic heterocycles. The topological polar surface area (TPSA) is 90.5 Å². The van der Waals surface area contributed by atoms with Gasteiger partial charge >= 0.3 is 0 Å². The van der Waals surface area contributed by atoms with Crippen molar-refractivity contribution in [3.63, 3.8) is 0 Å². The van der Waals surface area contributed by atoms with Crippen LogP contribution in [-0.4, -0.2) is 49.2 Å². The van der Waals surface area contributed by atoms with Crippen LogP contribution in [-0.2, 0) is 4.79 Å². The van der Waals surface area contributed by atoms with Gasteiger partial charge in [-0.25, -0.2) is 0 Å². The molecule has 4 N–H and O–H groups in total. The second-order valence-electron chi connectivity index (χ2n) is 4.84. The Morgan fingerprint density at radius 1 is 1.20 bits per heavy atom. The number of carbonyl (C=O) groups excluding carboxylic acids is 2. The van der Waals surface area contributed by atoms with Gasteiger partial charge < -0.3 is 21.1 Å². The van der Waals surface area contributed by atoms with Gasteiger partial charge in [-0.15, -0.1) is 0 Å². The first-order chi connectivity index (χ1) is 9.66. The predicted molar refractivity (Wildman–Crippen MR) is 74.2 cm³/mol. The number of hydrogen-bond acceptors (Lipinski definition) is 4. The Bertz CT molecular complexity index is 464. The highest BCUT2D eigenvalue weighted by molar-refractivity contribution is 5.96. The minimum atomic E-state index is -0.422. The fraction of sp³-hybridized carbons (Fsp3) is 0.429. The minimum absolute atomic E-state index is 0.0313. The van der Waals surface area contributed by atoms with E-state index < -0.39 is 6.10 Å². The Balaban J connectivity index is 1.69. The molecule has 1 aliphatic rings. The molecule has 1 aromatic carbocycles. The molecule has 0 saturated carbocycles. The molecule has 0 spiro atoms. The van der Waals surface area contributed by atoms with Crippen molar-refractivity contribution in [3.05, 3.63) is 35.9 Å². The molecule has 108 valence electrons. The summed E-state index contributed by atoms with van der Waals surface area (Å²) in [7, 11) is 0. The molecule has 20 heavy (non-hydrogen) atoms. The summed E-state index contributed by atoms with van der Waals surface area (Å²) in [4.78, 5) is 23.3. The van der Waals surface area contributed by atoms with Crippen LogP contribution >= 0.6 is 0 Å². The standard InChI is InChI=1S/C14H19N3O3/c18-12-8-15-6-11(12)7-16-13(19)9-17-14(20)10-4-2-1-3-5-10/h1-5,11-12,15,18H,6-9H2,(H,16,19)(H,17,20). The van der Waals surface area contributed by atoms with Gasteiger partial charge in [-0.2, -0.15) is 0 Å². The minimum Gasteiger partial charge on any atom is -0.391 e. The molecule has 2 unspecified atom stereocenters. The fourth-order valence-corrected chi connectivity index (χ4v) is 2.09. The van der Waals surface area contributed by atoms with Gasteiger partial charge in [0, 0.05) is 31.1 Å². The van der Waals surface area contributed by atoms with Crippen LogP contribution in [0.25, 0.3) is 0 Å². The van der Waals surface area contributed by atoms with Crippen LogP contribution in [0.5, 0.6) is 0 Å². The van der Waals surface area contributed by atoms with E-state index in [0.717, 1.165) is 0 Å². The SMILES string of the molecule is O=C(CNC(=O)c1ccccc1)NCC1CNCC1O. The first-order valence-electron chi connectivity index (χ1n) is 6.65. The van der Waals surface area contributed by atoms with E-state index in [1.807, 2.05) is 6.07 Å². The first kappa shape index (κ1) is 14.5. The smallest absolute Gasteiger partial charge is 0.251 e. The lowest BCUT2D eigenvalue weighted by Crippen LogP contribution is -2.40. The highest BCUT2D eigenvalue weighted by Crippen LogP contribution is 2.06. The predicted octanol–water partition coefficient (Wildman–Crippen LogP) is -0.887. The zero-order chi connectivity index (χ0) is 14.4. The monoisotopic (exact) mass is 277 g/mol. The third-order valence-electron chi connectivity index (χ3n) is 3.31. The maximum absolute atomic E-state index is 11.7. The number of benzene rings is 1. The first-order valence-corrected chi connectivity index (χ1v) is 6.65. The molecule has 1 saturated heterocycles. The normalized spacial score (nSPS) is 21.4. The number of amides is 2. The molecule has 2 atom stereocenters. The molecular formula is C14H19N3O3. The van der Waals surface area contributed by atoms with E-state index in [0.29, 0.717) is 25.2 Å². The van der Waals surface area contributed by atoms with Crippen LogP contribution in [0.2, 0.25) is 0 Å². The lowest BCUT2D eigenvalue weighted by molar-refractivity contribution is -0.120. The Labute approximate surface area is 117 Å². The molecule has 6 nitrogen and oxygen atoms in total. The van der Waals surface area contributed by atoms with Crippen molar-refractivity contribution >= 4 is 11.8 Å². The lowest BCUT2D eigenvalue weighted by atomic mass is 10.1. The summed E-state index contributed by atoms with van der Waals surface area (Å²) in [6.45, 7) is 1.60. The zero-order valence-electron chi connectivity index (χ0n) is 11.1. The Kier molecular flexibility index (Phi) is 5.09. The average Bonchev–Trinajstić information content (AvgIpc) is 2.89. The van der Waals surface area contributed by atoms with E-state index in [1.54, 1.807) is 24.3 Å².